The van der Waals surface area contributed by atoms with E-state index in [-0.39, 0.29) is 10.9 Å². The lowest BCUT2D eigenvalue weighted by atomic mass is 10.1. The van der Waals surface area contributed by atoms with Crippen LogP contribution in [-0.2, 0) is 16.3 Å². The number of hydrogen-bond donors (Lipinski definition) is 1. The summed E-state index contributed by atoms with van der Waals surface area (Å²) in [6.07, 6.45) is 1.72. The van der Waals surface area contributed by atoms with Crippen LogP contribution in [0.5, 0.6) is 11.5 Å². The van der Waals surface area contributed by atoms with Crippen LogP contribution in [0, 0.1) is 0 Å². The molecule has 0 fully saturated rings. The molecule has 1 unspecified atom stereocenters. The minimum Gasteiger partial charge on any atom is -0.496 e. The van der Waals surface area contributed by atoms with Crippen molar-refractivity contribution in [3.8, 4) is 11.5 Å². The van der Waals surface area contributed by atoms with Gasteiger partial charge in [-0.2, -0.15) is 0 Å². The molecule has 1 aromatic carbocycles. The van der Waals surface area contributed by atoms with Crippen molar-refractivity contribution in [2.24, 2.45) is 5.73 Å². The topological polar surface area (TPSA) is 78.6 Å². The van der Waals surface area contributed by atoms with E-state index in [0.29, 0.717) is 17.9 Å². The lowest BCUT2D eigenvalue weighted by Crippen LogP contribution is -2.18. The second kappa shape index (κ2) is 5.58. The molecular weight excluding hydrogens is 254 g/mol. The fourth-order valence-corrected chi connectivity index (χ4v) is 2.56. The van der Waals surface area contributed by atoms with Crippen LogP contribution in [0.2, 0.25) is 0 Å². The maximum atomic E-state index is 11.7. The first-order valence-corrected chi connectivity index (χ1v) is 7.39. The van der Waals surface area contributed by atoms with Crippen molar-refractivity contribution >= 4 is 9.84 Å². The summed E-state index contributed by atoms with van der Waals surface area (Å²) in [4.78, 5) is 0.121. The molecule has 18 heavy (non-hydrogen) atoms. The van der Waals surface area contributed by atoms with Crippen LogP contribution in [0.1, 0.15) is 12.5 Å². The molecule has 6 heteroatoms. The Morgan fingerprint density at radius 3 is 2.17 bits per heavy atom. The van der Waals surface area contributed by atoms with Gasteiger partial charge in [-0.1, -0.05) is 0 Å². The number of ether oxygens (including phenoxy) is 2. The minimum absolute atomic E-state index is 0.0484. The molecule has 0 saturated carbocycles. The number of rotatable bonds is 5. The molecule has 0 aliphatic rings. The van der Waals surface area contributed by atoms with Gasteiger partial charge in [0.2, 0.25) is 0 Å². The summed E-state index contributed by atoms with van der Waals surface area (Å²) in [5.74, 6) is 0.822. The van der Waals surface area contributed by atoms with Crippen molar-refractivity contribution in [3.05, 3.63) is 17.7 Å². The SMILES string of the molecule is COc1cc(S(C)(=O)=O)c(OC)cc1CC(C)N. The quantitative estimate of drug-likeness (QED) is 0.865. The maximum Gasteiger partial charge on any atom is 0.179 e. The Bertz CT molecular complexity index is 523. The third kappa shape index (κ3) is 3.36. The molecule has 1 atom stereocenters. The highest BCUT2D eigenvalue weighted by molar-refractivity contribution is 7.90. The molecule has 0 saturated heterocycles. The lowest BCUT2D eigenvalue weighted by Gasteiger charge is -2.15. The summed E-state index contributed by atoms with van der Waals surface area (Å²) in [6, 6.07) is 3.09. The summed E-state index contributed by atoms with van der Waals surface area (Å²) >= 11 is 0. The zero-order valence-corrected chi connectivity index (χ0v) is 11.9. The van der Waals surface area contributed by atoms with Gasteiger partial charge in [-0.05, 0) is 25.0 Å². The van der Waals surface area contributed by atoms with Gasteiger partial charge >= 0.3 is 0 Å². The van der Waals surface area contributed by atoms with Gasteiger partial charge in [0.05, 0.1) is 14.2 Å². The molecular formula is C12H19NO4S. The Labute approximate surface area is 108 Å². The fraction of sp³-hybridized carbons (Fsp3) is 0.500. The van der Waals surface area contributed by atoms with Gasteiger partial charge in [0.25, 0.3) is 0 Å². The first kappa shape index (κ1) is 14.8. The van der Waals surface area contributed by atoms with Crippen molar-refractivity contribution in [3.63, 3.8) is 0 Å². The summed E-state index contributed by atoms with van der Waals surface area (Å²) in [7, 11) is -0.424. The largest absolute Gasteiger partial charge is 0.496 e. The van der Waals surface area contributed by atoms with E-state index in [1.807, 2.05) is 6.92 Å². The highest BCUT2D eigenvalue weighted by Gasteiger charge is 2.19. The average molecular weight is 273 g/mol. The number of nitrogens with two attached hydrogens (primary N) is 1. The van der Waals surface area contributed by atoms with Gasteiger partial charge in [0.1, 0.15) is 16.4 Å². The Morgan fingerprint density at radius 2 is 1.78 bits per heavy atom. The predicted octanol–water partition coefficient (Wildman–Crippen LogP) is 0.997. The molecule has 0 aliphatic carbocycles. The summed E-state index contributed by atoms with van der Waals surface area (Å²) < 4.78 is 33.6. The van der Waals surface area contributed by atoms with Crippen molar-refractivity contribution in [1.29, 1.82) is 0 Å². The Balaban J connectivity index is 3.42. The number of hydrogen-bond acceptors (Lipinski definition) is 5. The number of methoxy groups -OCH3 is 2. The van der Waals surface area contributed by atoms with Crippen LogP contribution in [0.25, 0.3) is 0 Å². The normalized spacial score (nSPS) is 13.2. The summed E-state index contributed by atoms with van der Waals surface area (Å²) in [5.41, 5.74) is 6.58. The van der Waals surface area contributed by atoms with E-state index in [2.05, 4.69) is 0 Å². The van der Waals surface area contributed by atoms with Crippen LogP contribution < -0.4 is 15.2 Å². The first-order chi connectivity index (χ1) is 8.29. The summed E-state index contributed by atoms with van der Waals surface area (Å²) in [5, 5.41) is 0. The molecule has 0 bridgehead atoms. The molecule has 0 amide bonds. The van der Waals surface area contributed by atoms with Gasteiger partial charge in [0, 0.05) is 18.4 Å². The molecule has 1 aromatic rings. The van der Waals surface area contributed by atoms with E-state index in [9.17, 15) is 8.42 Å². The lowest BCUT2D eigenvalue weighted by molar-refractivity contribution is 0.388. The Morgan fingerprint density at radius 1 is 1.22 bits per heavy atom. The Kier molecular flexibility index (Phi) is 4.59. The highest BCUT2D eigenvalue weighted by atomic mass is 32.2. The summed E-state index contributed by atoms with van der Waals surface area (Å²) in [6.45, 7) is 1.87. The predicted molar refractivity (Wildman–Crippen MR) is 70.0 cm³/mol. The Hall–Kier alpha value is -1.27. The van der Waals surface area contributed by atoms with Crippen LogP contribution >= 0.6 is 0 Å². The molecule has 0 heterocycles. The van der Waals surface area contributed by atoms with Crippen LogP contribution in [-0.4, -0.2) is 34.9 Å². The smallest absolute Gasteiger partial charge is 0.179 e. The molecule has 5 nitrogen and oxygen atoms in total. The molecule has 0 aliphatic heterocycles. The van der Waals surface area contributed by atoms with Crippen LogP contribution in [0.4, 0.5) is 0 Å². The van der Waals surface area contributed by atoms with Crippen molar-refractivity contribution < 1.29 is 17.9 Å². The van der Waals surface area contributed by atoms with Gasteiger partial charge in [-0.25, -0.2) is 8.42 Å². The minimum atomic E-state index is -3.36. The van der Waals surface area contributed by atoms with E-state index in [4.69, 9.17) is 15.2 Å². The molecule has 2 N–H and O–H groups in total. The van der Waals surface area contributed by atoms with Crippen molar-refractivity contribution in [2.45, 2.75) is 24.3 Å². The fourth-order valence-electron chi connectivity index (χ4n) is 1.73. The van der Waals surface area contributed by atoms with E-state index in [1.165, 1.54) is 20.3 Å². The van der Waals surface area contributed by atoms with E-state index in [0.717, 1.165) is 11.8 Å². The molecule has 1 rings (SSSR count). The molecule has 0 spiro atoms. The number of sulfone groups is 1. The van der Waals surface area contributed by atoms with Crippen molar-refractivity contribution in [2.75, 3.05) is 20.5 Å². The van der Waals surface area contributed by atoms with Gasteiger partial charge in [-0.3, -0.25) is 0 Å². The third-order valence-electron chi connectivity index (χ3n) is 2.51. The number of benzene rings is 1. The second-order valence-corrected chi connectivity index (χ2v) is 6.25. The van der Waals surface area contributed by atoms with E-state index < -0.39 is 9.84 Å². The highest BCUT2D eigenvalue weighted by Crippen LogP contribution is 2.32. The average Bonchev–Trinajstić information content (AvgIpc) is 2.26. The van der Waals surface area contributed by atoms with E-state index >= 15 is 0 Å². The second-order valence-electron chi connectivity index (χ2n) is 4.27. The van der Waals surface area contributed by atoms with Gasteiger partial charge in [-0.15, -0.1) is 0 Å². The van der Waals surface area contributed by atoms with Crippen LogP contribution in [0.15, 0.2) is 17.0 Å². The third-order valence-corrected chi connectivity index (χ3v) is 3.63. The van der Waals surface area contributed by atoms with Gasteiger partial charge < -0.3 is 15.2 Å². The molecule has 0 aromatic heterocycles. The molecule has 102 valence electrons. The standard InChI is InChI=1S/C12H19NO4S/c1-8(13)5-9-6-11(17-3)12(18(4,14)15)7-10(9)16-2/h6-8H,5,13H2,1-4H3. The van der Waals surface area contributed by atoms with Crippen LogP contribution in [0.3, 0.4) is 0 Å². The monoisotopic (exact) mass is 273 g/mol. The zero-order valence-electron chi connectivity index (χ0n) is 11.1. The van der Waals surface area contributed by atoms with Gasteiger partial charge in [0.15, 0.2) is 9.84 Å². The maximum absolute atomic E-state index is 11.7. The van der Waals surface area contributed by atoms with Crippen molar-refractivity contribution in [1.82, 2.24) is 0 Å². The zero-order chi connectivity index (χ0) is 13.9. The first-order valence-electron chi connectivity index (χ1n) is 5.50. The molecule has 0 radical (unpaired) electrons. The van der Waals surface area contributed by atoms with E-state index in [1.54, 1.807) is 6.07 Å².